The van der Waals surface area contributed by atoms with Gasteiger partial charge in [0.1, 0.15) is 6.61 Å². The molecule has 2 aromatic rings. The van der Waals surface area contributed by atoms with Crippen molar-refractivity contribution in [3.8, 4) is 11.5 Å². The second kappa shape index (κ2) is 9.42. The summed E-state index contributed by atoms with van der Waals surface area (Å²) in [6.07, 6.45) is 3.14. The molecule has 1 heterocycles. The number of ether oxygens (including phenoxy) is 2. The van der Waals surface area contributed by atoms with Crippen molar-refractivity contribution in [3.05, 3.63) is 59.7 Å². The third kappa shape index (κ3) is 5.01. The monoisotopic (exact) mass is 368 g/mol. The van der Waals surface area contributed by atoms with E-state index in [9.17, 15) is 4.79 Å². The first-order valence-corrected chi connectivity index (χ1v) is 9.50. The molecule has 5 heteroatoms. The lowest BCUT2D eigenvalue weighted by Crippen LogP contribution is -2.48. The minimum absolute atomic E-state index is 0.0521. The van der Waals surface area contributed by atoms with Gasteiger partial charge in [0.15, 0.2) is 11.5 Å². The van der Waals surface area contributed by atoms with Crippen LogP contribution in [0.15, 0.2) is 48.5 Å². The number of hydrogen-bond acceptors (Lipinski definition) is 4. The van der Waals surface area contributed by atoms with Gasteiger partial charge < -0.3 is 14.8 Å². The second-order valence-electron chi connectivity index (χ2n) is 6.86. The van der Waals surface area contributed by atoms with Crippen molar-refractivity contribution in [1.82, 2.24) is 10.2 Å². The Balaban J connectivity index is 1.68. The topological polar surface area (TPSA) is 50.8 Å². The fourth-order valence-corrected chi connectivity index (χ4v) is 3.54. The summed E-state index contributed by atoms with van der Waals surface area (Å²) < 4.78 is 11.5. The molecule has 0 spiro atoms. The van der Waals surface area contributed by atoms with Crippen LogP contribution in [0.3, 0.4) is 0 Å². The predicted octanol–water partition coefficient (Wildman–Crippen LogP) is 3.37. The Morgan fingerprint density at radius 2 is 1.93 bits per heavy atom. The molecule has 0 bridgehead atoms. The minimum atomic E-state index is -0.0521. The lowest BCUT2D eigenvalue weighted by molar-refractivity contribution is -0.127. The molecule has 1 fully saturated rings. The maximum Gasteiger partial charge on any atom is 0.237 e. The van der Waals surface area contributed by atoms with Crippen LogP contribution in [-0.4, -0.2) is 37.6 Å². The fraction of sp³-hybridized carbons (Fsp3) is 0.409. The van der Waals surface area contributed by atoms with Crippen molar-refractivity contribution in [3.63, 3.8) is 0 Å². The van der Waals surface area contributed by atoms with Crippen LogP contribution in [0.25, 0.3) is 0 Å². The van der Waals surface area contributed by atoms with Gasteiger partial charge in [0.05, 0.1) is 13.2 Å². The molecular weight excluding hydrogens is 340 g/mol. The number of methoxy groups -OCH3 is 1. The van der Waals surface area contributed by atoms with Gasteiger partial charge in [0.25, 0.3) is 0 Å². The van der Waals surface area contributed by atoms with E-state index in [1.807, 2.05) is 42.5 Å². The summed E-state index contributed by atoms with van der Waals surface area (Å²) in [7, 11) is 3.36. The number of hydrogen-bond donors (Lipinski definition) is 1. The molecule has 0 unspecified atom stereocenters. The van der Waals surface area contributed by atoms with Gasteiger partial charge in [0.2, 0.25) is 5.91 Å². The van der Waals surface area contributed by atoms with Crippen LogP contribution in [0, 0.1) is 0 Å². The lowest BCUT2D eigenvalue weighted by atomic mass is 10.0. The van der Waals surface area contributed by atoms with Crippen LogP contribution in [-0.2, 0) is 17.9 Å². The first-order chi connectivity index (χ1) is 13.2. The summed E-state index contributed by atoms with van der Waals surface area (Å²) in [4.78, 5) is 14.4. The summed E-state index contributed by atoms with van der Waals surface area (Å²) in [5.74, 6) is 1.55. The Kier molecular flexibility index (Phi) is 6.71. The normalized spacial score (nSPS) is 17.3. The van der Waals surface area contributed by atoms with E-state index in [1.54, 1.807) is 14.2 Å². The number of piperidine rings is 1. The molecule has 1 saturated heterocycles. The molecule has 3 rings (SSSR count). The Hall–Kier alpha value is -2.53. The van der Waals surface area contributed by atoms with E-state index in [-0.39, 0.29) is 11.9 Å². The molecule has 1 aliphatic rings. The van der Waals surface area contributed by atoms with E-state index in [4.69, 9.17) is 9.47 Å². The van der Waals surface area contributed by atoms with E-state index < -0.39 is 0 Å². The highest BCUT2D eigenvalue weighted by Gasteiger charge is 2.28. The highest BCUT2D eigenvalue weighted by Crippen LogP contribution is 2.30. The third-order valence-corrected chi connectivity index (χ3v) is 5.01. The molecule has 1 amide bonds. The van der Waals surface area contributed by atoms with Crippen molar-refractivity contribution in [2.75, 3.05) is 20.7 Å². The summed E-state index contributed by atoms with van der Waals surface area (Å²) in [6.45, 7) is 2.17. The summed E-state index contributed by atoms with van der Waals surface area (Å²) in [6, 6.07) is 16.0. The van der Waals surface area contributed by atoms with Gasteiger partial charge in [-0.15, -0.1) is 0 Å². The van der Waals surface area contributed by atoms with E-state index in [0.717, 1.165) is 55.0 Å². The van der Waals surface area contributed by atoms with E-state index >= 15 is 0 Å². The number of amides is 1. The third-order valence-electron chi connectivity index (χ3n) is 5.01. The van der Waals surface area contributed by atoms with Crippen molar-refractivity contribution in [2.24, 2.45) is 0 Å². The Labute approximate surface area is 161 Å². The van der Waals surface area contributed by atoms with Crippen LogP contribution >= 0.6 is 0 Å². The first kappa shape index (κ1) is 19.2. The molecule has 0 saturated carbocycles. The first-order valence-electron chi connectivity index (χ1n) is 9.50. The number of nitrogens with one attached hydrogen (secondary N) is 1. The zero-order chi connectivity index (χ0) is 19.1. The van der Waals surface area contributed by atoms with Gasteiger partial charge >= 0.3 is 0 Å². The van der Waals surface area contributed by atoms with Gasteiger partial charge in [-0.25, -0.2) is 0 Å². The van der Waals surface area contributed by atoms with Crippen molar-refractivity contribution >= 4 is 5.91 Å². The molecular formula is C22H28N2O3. The molecule has 5 nitrogen and oxygen atoms in total. The molecule has 27 heavy (non-hydrogen) atoms. The number of nitrogens with zero attached hydrogens (tertiary/aromatic N) is 1. The number of carbonyl (C=O) groups is 1. The average molecular weight is 368 g/mol. The van der Waals surface area contributed by atoms with E-state index in [2.05, 4.69) is 16.3 Å². The summed E-state index contributed by atoms with van der Waals surface area (Å²) in [5, 5.41) is 2.79. The van der Waals surface area contributed by atoms with Gasteiger partial charge in [-0.1, -0.05) is 42.8 Å². The zero-order valence-electron chi connectivity index (χ0n) is 16.1. The van der Waals surface area contributed by atoms with E-state index in [0.29, 0.717) is 6.61 Å². The molecule has 144 valence electrons. The molecule has 0 aliphatic carbocycles. The smallest absolute Gasteiger partial charge is 0.237 e. The highest BCUT2D eigenvalue weighted by molar-refractivity contribution is 5.81. The predicted molar refractivity (Wildman–Crippen MR) is 106 cm³/mol. The fourth-order valence-electron chi connectivity index (χ4n) is 3.54. The lowest BCUT2D eigenvalue weighted by Gasteiger charge is -2.34. The standard InChI is InChI=1S/C22H28N2O3/c1-23-22(25)19-10-6-7-13-24(19)15-18-11-12-20(21(14-18)26-2)27-16-17-8-4-3-5-9-17/h3-5,8-9,11-12,14,19H,6-7,10,13,15-16H2,1-2H3,(H,23,25)/t19-/m1/s1. The zero-order valence-corrected chi connectivity index (χ0v) is 16.1. The van der Waals surface area contributed by atoms with Crippen LogP contribution in [0.1, 0.15) is 30.4 Å². The van der Waals surface area contributed by atoms with E-state index in [1.165, 1.54) is 0 Å². The van der Waals surface area contributed by atoms with Crippen LogP contribution < -0.4 is 14.8 Å². The molecule has 0 radical (unpaired) electrons. The van der Waals surface area contributed by atoms with Gasteiger partial charge in [0, 0.05) is 13.6 Å². The Morgan fingerprint density at radius 3 is 2.67 bits per heavy atom. The number of likely N-dealkylation sites (N-methyl/N-ethyl adjacent to an activating group) is 1. The number of carbonyl (C=O) groups excluding carboxylic acids is 1. The van der Waals surface area contributed by atoms with Crippen LogP contribution in [0.5, 0.6) is 11.5 Å². The molecule has 1 N–H and O–H groups in total. The maximum atomic E-state index is 12.2. The van der Waals surface area contributed by atoms with Gasteiger partial charge in [-0.2, -0.15) is 0 Å². The van der Waals surface area contributed by atoms with Crippen LogP contribution in [0.2, 0.25) is 0 Å². The molecule has 0 aromatic heterocycles. The number of likely N-dealkylation sites (tertiary alicyclic amines) is 1. The average Bonchev–Trinajstić information content (AvgIpc) is 2.73. The van der Waals surface area contributed by atoms with Gasteiger partial charge in [-0.3, -0.25) is 9.69 Å². The Morgan fingerprint density at radius 1 is 1.11 bits per heavy atom. The number of rotatable bonds is 7. The van der Waals surface area contributed by atoms with Crippen molar-refractivity contribution in [2.45, 2.75) is 38.5 Å². The van der Waals surface area contributed by atoms with Gasteiger partial charge in [-0.05, 0) is 42.6 Å². The quantitative estimate of drug-likeness (QED) is 0.814. The molecule has 1 aliphatic heterocycles. The summed E-state index contributed by atoms with van der Waals surface area (Å²) >= 11 is 0. The summed E-state index contributed by atoms with van der Waals surface area (Å²) in [5.41, 5.74) is 2.24. The van der Waals surface area contributed by atoms with Crippen LogP contribution in [0.4, 0.5) is 0 Å². The highest BCUT2D eigenvalue weighted by atomic mass is 16.5. The molecule has 1 atom stereocenters. The van der Waals surface area contributed by atoms with Crippen molar-refractivity contribution in [1.29, 1.82) is 0 Å². The second-order valence-corrected chi connectivity index (χ2v) is 6.86. The SMILES string of the molecule is CNC(=O)[C@H]1CCCCN1Cc1ccc(OCc2ccccc2)c(OC)c1. The van der Waals surface area contributed by atoms with Crippen molar-refractivity contribution < 1.29 is 14.3 Å². The molecule has 2 aromatic carbocycles. The Bertz CT molecular complexity index is 748. The minimum Gasteiger partial charge on any atom is -0.493 e. The maximum absolute atomic E-state index is 12.2. The largest absolute Gasteiger partial charge is 0.493 e. The number of benzene rings is 2.